The fourth-order valence-corrected chi connectivity index (χ4v) is 4.64. The van der Waals surface area contributed by atoms with Crippen molar-refractivity contribution in [1.29, 1.82) is 0 Å². The zero-order chi connectivity index (χ0) is 43.4. The van der Waals surface area contributed by atoms with E-state index in [1.807, 2.05) is 0 Å². The lowest BCUT2D eigenvalue weighted by Gasteiger charge is -2.31. The van der Waals surface area contributed by atoms with Crippen LogP contribution in [0.2, 0.25) is 5.02 Å². The summed E-state index contributed by atoms with van der Waals surface area (Å²) in [5.74, 6) is -5.96. The van der Waals surface area contributed by atoms with Crippen LogP contribution in [0.5, 0.6) is 0 Å². The standard InChI is InChI=1S/C13H13NO7.C9H6ClNO3.C9H7NO4.C6H7NO3/c1-13(2)20-10(15)7(11(16)21-13)6-14-9-5-4-8(19-9)12(17)18-3;1-13-9(12)7-4-5-6(10)2-3-11-8(5)14-7;1-13-9(12)7-4-5-6(11)2-3-10-8(5)14-7;1-9-6(8)4-2-3-5(7)10-4/h4-7H,1-3H3;2-4H,1H3;2-4H,1H3,(H,10,11);2-3H,7H2,1H3. The van der Waals surface area contributed by atoms with Gasteiger partial charge in [-0.15, -0.1) is 0 Å². The number of aromatic nitrogens is 2. The van der Waals surface area contributed by atoms with Crippen molar-refractivity contribution in [1.82, 2.24) is 9.97 Å². The lowest BCUT2D eigenvalue weighted by molar-refractivity contribution is -0.235. The maximum Gasteiger partial charge on any atom is 0.374 e. The normalized spacial score (nSPS) is 13.1. The van der Waals surface area contributed by atoms with E-state index in [9.17, 15) is 33.6 Å². The number of carbonyl (C=O) groups excluding carboxylic acids is 6. The molecule has 0 atom stereocenters. The van der Waals surface area contributed by atoms with Crippen LogP contribution in [0, 0.1) is 5.92 Å². The fourth-order valence-electron chi connectivity index (χ4n) is 4.44. The number of carbonyl (C=O) groups is 6. The molecule has 1 aliphatic rings. The van der Waals surface area contributed by atoms with Gasteiger partial charge in [-0.1, -0.05) is 11.6 Å². The molecule has 0 saturated carbocycles. The van der Waals surface area contributed by atoms with Crippen molar-refractivity contribution in [3.63, 3.8) is 0 Å². The van der Waals surface area contributed by atoms with Gasteiger partial charge in [-0.2, -0.15) is 0 Å². The minimum atomic E-state index is -1.29. The van der Waals surface area contributed by atoms with Crippen LogP contribution in [0.25, 0.3) is 22.2 Å². The van der Waals surface area contributed by atoms with Gasteiger partial charge in [0.25, 0.3) is 5.79 Å². The Morgan fingerprint density at radius 2 is 1.29 bits per heavy atom. The maximum atomic E-state index is 11.7. The van der Waals surface area contributed by atoms with Gasteiger partial charge in [-0.05, 0) is 18.2 Å². The van der Waals surface area contributed by atoms with Crippen molar-refractivity contribution in [3.05, 3.63) is 99.2 Å². The minimum absolute atomic E-state index is 0.0158. The molecule has 0 radical (unpaired) electrons. The van der Waals surface area contributed by atoms with Gasteiger partial charge < -0.3 is 56.8 Å². The van der Waals surface area contributed by atoms with Crippen molar-refractivity contribution in [2.24, 2.45) is 10.9 Å². The number of fused-ring (bicyclic) bond motifs is 2. The number of nitrogens with two attached hydrogens (primary N) is 1. The summed E-state index contributed by atoms with van der Waals surface area (Å²) in [7, 11) is 5.02. The molecule has 1 saturated heterocycles. The Labute approximate surface area is 335 Å². The summed E-state index contributed by atoms with van der Waals surface area (Å²) in [6, 6.07) is 11.6. The number of nitrogen functional groups attached to an aromatic ring is 1. The number of hydrogen-bond donors (Lipinski definition) is 2. The van der Waals surface area contributed by atoms with Crippen LogP contribution in [0.1, 0.15) is 56.1 Å². The third-order valence-corrected chi connectivity index (χ3v) is 7.48. The molecule has 1 fully saturated rings. The average molecular weight is 841 g/mol. The van der Waals surface area contributed by atoms with E-state index >= 15 is 0 Å². The Kier molecular flexibility index (Phi) is 14.5. The smallest absolute Gasteiger partial charge is 0.374 e. The number of halogens is 1. The molecule has 21 nitrogen and oxygen atoms in total. The monoisotopic (exact) mass is 840 g/mol. The van der Waals surface area contributed by atoms with Crippen LogP contribution < -0.4 is 11.2 Å². The summed E-state index contributed by atoms with van der Waals surface area (Å²) < 4.78 is 47.6. The van der Waals surface area contributed by atoms with Crippen molar-refractivity contribution >= 4 is 87.6 Å². The number of ether oxygens (including phenoxy) is 6. The Bertz CT molecular complexity index is 2550. The van der Waals surface area contributed by atoms with Gasteiger partial charge >= 0.3 is 35.8 Å². The third kappa shape index (κ3) is 11.4. The van der Waals surface area contributed by atoms with Gasteiger partial charge in [0.15, 0.2) is 17.2 Å². The number of hydrogen-bond acceptors (Lipinski definition) is 20. The Morgan fingerprint density at radius 3 is 1.83 bits per heavy atom. The van der Waals surface area contributed by atoms with Gasteiger partial charge in [0.05, 0.1) is 44.2 Å². The molecular weight excluding hydrogens is 808 g/mol. The summed E-state index contributed by atoms with van der Waals surface area (Å²) in [6.45, 7) is 2.90. The Hall–Kier alpha value is -7.68. The number of furan rings is 4. The van der Waals surface area contributed by atoms with E-state index in [4.69, 9.17) is 44.5 Å². The van der Waals surface area contributed by atoms with E-state index in [0.29, 0.717) is 21.5 Å². The highest BCUT2D eigenvalue weighted by molar-refractivity contribution is 6.35. The highest BCUT2D eigenvalue weighted by atomic mass is 35.5. The lowest BCUT2D eigenvalue weighted by atomic mass is 10.1. The average Bonchev–Trinajstić information content (AvgIpc) is 4.04. The first kappa shape index (κ1) is 44.0. The number of methoxy groups -OCH3 is 4. The fraction of sp³-hybridized carbons (Fsp3) is 0.216. The first-order valence-corrected chi connectivity index (χ1v) is 16.8. The molecule has 3 N–H and O–H groups in total. The van der Waals surface area contributed by atoms with E-state index < -0.39 is 47.5 Å². The predicted molar refractivity (Wildman–Crippen MR) is 201 cm³/mol. The van der Waals surface area contributed by atoms with Crippen molar-refractivity contribution in [3.8, 4) is 0 Å². The van der Waals surface area contributed by atoms with Crippen LogP contribution in [-0.2, 0) is 38.0 Å². The van der Waals surface area contributed by atoms with Crippen LogP contribution in [0.3, 0.4) is 0 Å². The summed E-state index contributed by atoms with van der Waals surface area (Å²) in [6.07, 6.45) is 4.00. The SMILES string of the molecule is COC(=O)c1cc2c(=O)cc[nH]c2o1.COC(=O)c1cc2c(Cl)ccnc2o1.COC(=O)c1ccc(N)o1.COC(=O)c1ccc(N=CC2C(=O)OC(C)(C)OC2=O)o1. The number of nitrogens with one attached hydrogen (secondary N) is 1. The van der Waals surface area contributed by atoms with Crippen LogP contribution in [0.15, 0.2) is 88.4 Å². The summed E-state index contributed by atoms with van der Waals surface area (Å²) in [5.41, 5.74) is 5.61. The molecule has 7 heterocycles. The molecule has 6 aromatic heterocycles. The quantitative estimate of drug-likeness (QED) is 0.0960. The van der Waals surface area contributed by atoms with Crippen LogP contribution >= 0.6 is 11.6 Å². The molecule has 310 valence electrons. The second kappa shape index (κ2) is 19.5. The van der Waals surface area contributed by atoms with Gasteiger partial charge in [0.2, 0.25) is 40.4 Å². The topological polar surface area (TPSA) is 294 Å². The number of cyclic esters (lactones) is 2. The molecule has 59 heavy (non-hydrogen) atoms. The molecular formula is C37H33ClN4O17. The number of rotatable bonds is 6. The molecule has 0 unspecified atom stereocenters. The molecule has 0 aliphatic carbocycles. The second-order valence-electron chi connectivity index (χ2n) is 11.6. The first-order chi connectivity index (χ1) is 28.0. The number of H-pyrrole nitrogens is 1. The summed E-state index contributed by atoms with van der Waals surface area (Å²) >= 11 is 5.87. The van der Waals surface area contributed by atoms with Crippen LogP contribution in [0.4, 0.5) is 11.8 Å². The molecule has 0 bridgehead atoms. The molecule has 6 aromatic rings. The van der Waals surface area contributed by atoms with E-state index in [0.717, 1.165) is 6.21 Å². The zero-order valence-electron chi connectivity index (χ0n) is 31.7. The molecule has 0 aromatic carbocycles. The van der Waals surface area contributed by atoms with Gasteiger partial charge in [-0.25, -0.2) is 29.2 Å². The van der Waals surface area contributed by atoms with E-state index in [1.54, 1.807) is 6.07 Å². The van der Waals surface area contributed by atoms with Crippen LogP contribution in [-0.4, -0.2) is 86.2 Å². The lowest BCUT2D eigenvalue weighted by Crippen LogP contribution is -2.46. The van der Waals surface area contributed by atoms with Gasteiger partial charge in [-0.3, -0.25) is 14.4 Å². The minimum Gasteiger partial charge on any atom is -0.463 e. The molecule has 0 amide bonds. The van der Waals surface area contributed by atoms with Crippen molar-refractivity contribution in [2.75, 3.05) is 34.2 Å². The van der Waals surface area contributed by atoms with Gasteiger partial charge in [0, 0.05) is 62.8 Å². The molecule has 0 spiro atoms. The first-order valence-electron chi connectivity index (χ1n) is 16.4. The Balaban J connectivity index is 0.000000180. The number of pyridine rings is 2. The number of aromatic amines is 1. The van der Waals surface area contributed by atoms with E-state index in [-0.39, 0.29) is 46.0 Å². The molecule has 7 rings (SSSR count). The highest BCUT2D eigenvalue weighted by Gasteiger charge is 2.42. The number of nitrogens with zero attached hydrogens (tertiary/aromatic N) is 2. The summed E-state index contributed by atoms with van der Waals surface area (Å²) in [5, 5.41) is 1.44. The molecule has 22 heteroatoms. The van der Waals surface area contributed by atoms with E-state index in [1.165, 1.54) is 97.1 Å². The van der Waals surface area contributed by atoms with Crippen molar-refractivity contribution in [2.45, 2.75) is 19.6 Å². The molecule has 1 aliphatic heterocycles. The van der Waals surface area contributed by atoms with Crippen molar-refractivity contribution < 1.29 is 74.9 Å². The Morgan fingerprint density at radius 1 is 0.746 bits per heavy atom. The zero-order valence-corrected chi connectivity index (χ0v) is 32.5. The number of anilines is 1. The van der Waals surface area contributed by atoms with Gasteiger partial charge in [0.1, 0.15) is 0 Å². The largest absolute Gasteiger partial charge is 0.463 e. The number of aliphatic imine (C=N–C) groups is 1. The van der Waals surface area contributed by atoms with E-state index in [2.05, 4.69) is 33.9 Å². The third-order valence-electron chi connectivity index (χ3n) is 7.15. The highest BCUT2D eigenvalue weighted by Crippen LogP contribution is 2.26. The summed E-state index contributed by atoms with van der Waals surface area (Å²) in [4.78, 5) is 89.1. The number of esters is 6. The maximum absolute atomic E-state index is 11.7. The predicted octanol–water partition coefficient (Wildman–Crippen LogP) is 5.04. The second-order valence-corrected chi connectivity index (χ2v) is 12.0.